The first-order valence-corrected chi connectivity index (χ1v) is 7.37. The lowest BCUT2D eigenvalue weighted by atomic mass is 10.0. The van der Waals surface area contributed by atoms with Crippen LogP contribution in [-0.2, 0) is 5.54 Å². The second kappa shape index (κ2) is 5.71. The third kappa shape index (κ3) is 2.92. The summed E-state index contributed by atoms with van der Waals surface area (Å²) in [7, 11) is 0. The lowest BCUT2D eigenvalue weighted by molar-refractivity contribution is 0.0925. The van der Waals surface area contributed by atoms with Crippen molar-refractivity contribution in [2.24, 2.45) is 0 Å². The Morgan fingerprint density at radius 3 is 2.71 bits per heavy atom. The van der Waals surface area contributed by atoms with E-state index in [4.69, 9.17) is 16.1 Å². The van der Waals surface area contributed by atoms with Gasteiger partial charge in [-0.25, -0.2) is 4.98 Å². The van der Waals surface area contributed by atoms with Gasteiger partial charge < -0.3 is 9.84 Å². The summed E-state index contributed by atoms with van der Waals surface area (Å²) in [5.74, 6) is 1.10. The van der Waals surface area contributed by atoms with E-state index < -0.39 is 0 Å². The standard InChI is InChI=1S/C14H18ClN5O/c1-14(2,20-7-5-16-6-8-20)13-18-12(21-19-13)11-4-3-10(15)9-17-11/h3-4,9,16H,5-8H2,1-2H3. The summed E-state index contributed by atoms with van der Waals surface area (Å²) in [5, 5.41) is 8.07. The molecular formula is C14H18ClN5O. The maximum absolute atomic E-state index is 5.84. The van der Waals surface area contributed by atoms with E-state index >= 15 is 0 Å². The minimum Gasteiger partial charge on any atom is -0.332 e. The summed E-state index contributed by atoms with van der Waals surface area (Å²) in [6.45, 7) is 8.12. The fourth-order valence-electron chi connectivity index (χ4n) is 2.44. The van der Waals surface area contributed by atoms with Crippen molar-refractivity contribution in [2.75, 3.05) is 26.2 Å². The van der Waals surface area contributed by atoms with Gasteiger partial charge in [0.25, 0.3) is 5.89 Å². The minimum atomic E-state index is -0.268. The van der Waals surface area contributed by atoms with Crippen molar-refractivity contribution < 1.29 is 4.52 Å². The van der Waals surface area contributed by atoms with Crippen molar-refractivity contribution >= 4 is 11.6 Å². The molecular weight excluding hydrogens is 290 g/mol. The summed E-state index contributed by atoms with van der Waals surface area (Å²) < 4.78 is 5.36. The SMILES string of the molecule is CC(C)(c1noc(-c2ccc(Cl)cn2)n1)N1CCNCC1. The minimum absolute atomic E-state index is 0.268. The lowest BCUT2D eigenvalue weighted by Gasteiger charge is -2.38. The molecule has 0 radical (unpaired) electrons. The maximum Gasteiger partial charge on any atom is 0.276 e. The number of piperazine rings is 1. The second-order valence-electron chi connectivity index (χ2n) is 5.58. The van der Waals surface area contributed by atoms with Gasteiger partial charge in [0.05, 0.1) is 10.6 Å². The van der Waals surface area contributed by atoms with E-state index in [0.717, 1.165) is 26.2 Å². The van der Waals surface area contributed by atoms with Crippen molar-refractivity contribution in [3.63, 3.8) is 0 Å². The van der Waals surface area contributed by atoms with E-state index in [2.05, 4.69) is 39.2 Å². The molecule has 0 atom stereocenters. The van der Waals surface area contributed by atoms with Crippen LogP contribution in [0.25, 0.3) is 11.6 Å². The number of rotatable bonds is 3. The quantitative estimate of drug-likeness (QED) is 0.934. The van der Waals surface area contributed by atoms with Crippen LogP contribution in [-0.4, -0.2) is 46.2 Å². The number of aromatic nitrogens is 3. The van der Waals surface area contributed by atoms with Gasteiger partial charge in [0.1, 0.15) is 5.69 Å². The van der Waals surface area contributed by atoms with Crippen LogP contribution in [0.3, 0.4) is 0 Å². The molecule has 0 spiro atoms. The molecule has 2 aromatic heterocycles. The highest BCUT2D eigenvalue weighted by Crippen LogP contribution is 2.27. The number of hydrogen-bond donors (Lipinski definition) is 1. The molecule has 1 aliphatic heterocycles. The Morgan fingerprint density at radius 1 is 1.29 bits per heavy atom. The average molecular weight is 308 g/mol. The van der Waals surface area contributed by atoms with Crippen LogP contribution >= 0.6 is 11.6 Å². The van der Waals surface area contributed by atoms with Gasteiger partial charge in [-0.1, -0.05) is 16.8 Å². The zero-order chi connectivity index (χ0) is 14.9. The van der Waals surface area contributed by atoms with Crippen molar-refractivity contribution in [3.05, 3.63) is 29.2 Å². The molecule has 3 heterocycles. The molecule has 2 aromatic rings. The smallest absolute Gasteiger partial charge is 0.276 e. The third-order valence-corrected chi connectivity index (χ3v) is 4.05. The van der Waals surface area contributed by atoms with E-state index in [-0.39, 0.29) is 5.54 Å². The van der Waals surface area contributed by atoms with Crippen molar-refractivity contribution in [1.29, 1.82) is 0 Å². The summed E-state index contributed by atoms with van der Waals surface area (Å²) >= 11 is 5.84. The lowest BCUT2D eigenvalue weighted by Crippen LogP contribution is -2.52. The normalized spacial score (nSPS) is 17.1. The number of pyridine rings is 1. The molecule has 1 fully saturated rings. The molecule has 0 bridgehead atoms. The van der Waals surface area contributed by atoms with Crippen LogP contribution in [0.5, 0.6) is 0 Å². The highest BCUT2D eigenvalue weighted by molar-refractivity contribution is 6.30. The van der Waals surface area contributed by atoms with Gasteiger partial charge in [-0.15, -0.1) is 0 Å². The summed E-state index contributed by atoms with van der Waals surface area (Å²) in [6.07, 6.45) is 1.57. The van der Waals surface area contributed by atoms with Gasteiger partial charge in [0.2, 0.25) is 0 Å². The molecule has 0 aromatic carbocycles. The number of hydrogen-bond acceptors (Lipinski definition) is 6. The molecule has 1 saturated heterocycles. The summed E-state index contributed by atoms with van der Waals surface area (Å²) in [5.41, 5.74) is 0.366. The molecule has 0 aliphatic carbocycles. The third-order valence-electron chi connectivity index (χ3n) is 3.83. The Labute approximate surface area is 128 Å². The van der Waals surface area contributed by atoms with Crippen LogP contribution in [0.2, 0.25) is 5.02 Å². The van der Waals surface area contributed by atoms with Crippen molar-refractivity contribution in [3.8, 4) is 11.6 Å². The van der Waals surface area contributed by atoms with Gasteiger partial charge in [-0.05, 0) is 26.0 Å². The Bertz CT molecular complexity index is 604. The number of nitrogens with one attached hydrogen (secondary N) is 1. The Morgan fingerprint density at radius 2 is 2.05 bits per heavy atom. The van der Waals surface area contributed by atoms with Crippen LogP contribution in [0.1, 0.15) is 19.7 Å². The first kappa shape index (κ1) is 14.4. The fourth-order valence-corrected chi connectivity index (χ4v) is 2.56. The first-order valence-electron chi connectivity index (χ1n) is 6.99. The second-order valence-corrected chi connectivity index (χ2v) is 6.02. The molecule has 0 unspecified atom stereocenters. The van der Waals surface area contributed by atoms with Crippen LogP contribution in [0.4, 0.5) is 0 Å². The molecule has 21 heavy (non-hydrogen) atoms. The Kier molecular flexibility index (Phi) is 3.93. The zero-order valence-corrected chi connectivity index (χ0v) is 12.9. The van der Waals surface area contributed by atoms with Gasteiger partial charge in [0, 0.05) is 32.4 Å². The Balaban J connectivity index is 1.84. The zero-order valence-electron chi connectivity index (χ0n) is 12.1. The molecule has 112 valence electrons. The van der Waals surface area contributed by atoms with E-state index in [9.17, 15) is 0 Å². The molecule has 3 rings (SSSR count). The topological polar surface area (TPSA) is 67.1 Å². The van der Waals surface area contributed by atoms with Crippen molar-refractivity contribution in [1.82, 2.24) is 25.3 Å². The molecule has 7 heteroatoms. The van der Waals surface area contributed by atoms with Crippen LogP contribution in [0, 0.1) is 0 Å². The van der Waals surface area contributed by atoms with E-state index in [1.165, 1.54) is 0 Å². The molecule has 1 N–H and O–H groups in total. The monoisotopic (exact) mass is 307 g/mol. The van der Waals surface area contributed by atoms with Gasteiger partial charge in [-0.3, -0.25) is 4.90 Å². The van der Waals surface area contributed by atoms with E-state index in [1.807, 2.05) is 0 Å². The summed E-state index contributed by atoms with van der Waals surface area (Å²) in [6, 6.07) is 3.53. The predicted octanol–water partition coefficient (Wildman–Crippen LogP) is 1.93. The maximum atomic E-state index is 5.84. The molecule has 1 aliphatic rings. The highest BCUT2D eigenvalue weighted by Gasteiger charge is 2.34. The number of halogens is 1. The van der Waals surface area contributed by atoms with Gasteiger partial charge in [0.15, 0.2) is 5.82 Å². The number of nitrogens with zero attached hydrogens (tertiary/aromatic N) is 4. The van der Waals surface area contributed by atoms with Crippen LogP contribution < -0.4 is 5.32 Å². The van der Waals surface area contributed by atoms with Gasteiger partial charge in [-0.2, -0.15) is 4.98 Å². The molecule has 0 saturated carbocycles. The van der Waals surface area contributed by atoms with E-state index in [1.54, 1.807) is 18.3 Å². The van der Waals surface area contributed by atoms with Gasteiger partial charge >= 0.3 is 0 Å². The predicted molar refractivity (Wildman–Crippen MR) is 80.0 cm³/mol. The highest BCUT2D eigenvalue weighted by atomic mass is 35.5. The average Bonchev–Trinajstić information content (AvgIpc) is 2.99. The largest absolute Gasteiger partial charge is 0.332 e. The Hall–Kier alpha value is -1.50. The van der Waals surface area contributed by atoms with Crippen LogP contribution in [0.15, 0.2) is 22.9 Å². The fraction of sp³-hybridized carbons (Fsp3) is 0.500. The molecule has 0 amide bonds. The van der Waals surface area contributed by atoms with Crippen molar-refractivity contribution in [2.45, 2.75) is 19.4 Å². The van der Waals surface area contributed by atoms with E-state index in [0.29, 0.717) is 22.4 Å². The summed E-state index contributed by atoms with van der Waals surface area (Å²) in [4.78, 5) is 11.1. The molecule has 6 nitrogen and oxygen atoms in total. The first-order chi connectivity index (χ1) is 10.1.